The minimum atomic E-state index is -0.762. The van der Waals surface area contributed by atoms with Gasteiger partial charge in [-0.2, -0.15) is 0 Å². The molecule has 1 heterocycles. The number of hydrogen-bond donors (Lipinski definition) is 0. The van der Waals surface area contributed by atoms with Crippen molar-refractivity contribution in [2.75, 3.05) is 23.5 Å². The normalized spacial score (nSPS) is 16.5. The first kappa shape index (κ1) is 21.6. The number of anilines is 2. The topological polar surface area (TPSA) is 49.9 Å². The summed E-state index contributed by atoms with van der Waals surface area (Å²) in [5.41, 5.74) is 6.34. The van der Waals surface area contributed by atoms with Crippen molar-refractivity contribution in [3.8, 4) is 5.75 Å². The fourth-order valence-electron chi connectivity index (χ4n) is 4.54. The number of rotatable bonds is 4. The third-order valence-electron chi connectivity index (χ3n) is 6.07. The first-order valence-electron chi connectivity index (χ1n) is 10.7. The van der Waals surface area contributed by atoms with Gasteiger partial charge >= 0.3 is 0 Å². The largest absolute Gasteiger partial charge is 0.497 e. The minimum absolute atomic E-state index is 0.00446. The Morgan fingerprint density at radius 1 is 0.844 bits per heavy atom. The molecule has 0 N–H and O–H groups in total. The van der Waals surface area contributed by atoms with Gasteiger partial charge in [0.25, 0.3) is 5.91 Å². The zero-order chi connectivity index (χ0) is 23.0. The van der Waals surface area contributed by atoms with Crippen LogP contribution in [0, 0.1) is 27.7 Å². The first-order valence-corrected chi connectivity index (χ1v) is 10.7. The van der Waals surface area contributed by atoms with E-state index in [4.69, 9.17) is 4.74 Å². The Bertz CT molecular complexity index is 1160. The number of para-hydroxylation sites is 1. The smallest absolute Gasteiger partial charge is 0.255 e. The van der Waals surface area contributed by atoms with Crippen LogP contribution in [0.15, 0.2) is 60.7 Å². The lowest BCUT2D eigenvalue weighted by Crippen LogP contribution is -2.56. The van der Waals surface area contributed by atoms with Crippen LogP contribution in [0.1, 0.15) is 33.9 Å². The molecule has 0 aromatic heterocycles. The molecule has 32 heavy (non-hydrogen) atoms. The fourth-order valence-corrected chi connectivity index (χ4v) is 4.54. The van der Waals surface area contributed by atoms with Crippen molar-refractivity contribution in [1.82, 2.24) is 0 Å². The van der Waals surface area contributed by atoms with E-state index in [1.54, 1.807) is 16.9 Å². The lowest BCUT2D eigenvalue weighted by Gasteiger charge is -2.42. The van der Waals surface area contributed by atoms with Gasteiger partial charge in [-0.25, -0.2) is 0 Å². The molecule has 0 saturated carbocycles. The Morgan fingerprint density at radius 3 is 2.09 bits per heavy atom. The highest BCUT2D eigenvalue weighted by molar-refractivity contribution is 6.15. The second-order valence-electron chi connectivity index (χ2n) is 8.39. The zero-order valence-corrected chi connectivity index (χ0v) is 19.2. The van der Waals surface area contributed by atoms with Gasteiger partial charge in [-0.15, -0.1) is 0 Å². The molecule has 0 radical (unpaired) electrons. The quantitative estimate of drug-likeness (QED) is 0.584. The summed E-state index contributed by atoms with van der Waals surface area (Å²) in [6.45, 7) is 7.94. The Kier molecular flexibility index (Phi) is 5.74. The maximum absolute atomic E-state index is 14.0. The molecule has 5 heteroatoms. The van der Waals surface area contributed by atoms with Gasteiger partial charge in [0.15, 0.2) is 0 Å². The van der Waals surface area contributed by atoms with E-state index in [0.717, 1.165) is 39.2 Å². The molecular formula is C27H28N2O3. The van der Waals surface area contributed by atoms with Crippen molar-refractivity contribution in [2.45, 2.75) is 33.7 Å². The van der Waals surface area contributed by atoms with Crippen molar-refractivity contribution >= 4 is 23.2 Å². The molecule has 3 aromatic carbocycles. The standard InChI is InChI=1S/C27H28N2O3/c1-17-9-14-23(20(4)15-17)29-24(30)16-28(25-18(2)7-6-8-19(25)3)27(31)26(29)21-10-12-22(32-5)13-11-21/h6-15,26H,16H2,1-5H3. The van der Waals surface area contributed by atoms with E-state index in [1.807, 2.05) is 88.4 Å². The monoisotopic (exact) mass is 428 g/mol. The Balaban J connectivity index is 1.87. The van der Waals surface area contributed by atoms with Crippen LogP contribution in [-0.2, 0) is 9.59 Å². The number of hydrogen-bond acceptors (Lipinski definition) is 3. The molecule has 5 nitrogen and oxygen atoms in total. The summed E-state index contributed by atoms with van der Waals surface area (Å²) in [4.78, 5) is 30.9. The molecule has 0 bridgehead atoms. The molecule has 4 rings (SSSR count). The highest BCUT2D eigenvalue weighted by Gasteiger charge is 2.43. The van der Waals surface area contributed by atoms with Crippen molar-refractivity contribution < 1.29 is 14.3 Å². The van der Waals surface area contributed by atoms with Crippen LogP contribution in [0.3, 0.4) is 0 Å². The Labute approximate surface area is 189 Å². The van der Waals surface area contributed by atoms with Crippen molar-refractivity contribution in [3.05, 3.63) is 88.5 Å². The van der Waals surface area contributed by atoms with E-state index in [1.165, 1.54) is 0 Å². The van der Waals surface area contributed by atoms with E-state index in [-0.39, 0.29) is 18.4 Å². The third kappa shape index (κ3) is 3.75. The molecule has 1 atom stereocenters. The van der Waals surface area contributed by atoms with Crippen LogP contribution in [0.5, 0.6) is 5.75 Å². The highest BCUT2D eigenvalue weighted by Crippen LogP contribution is 2.38. The average Bonchev–Trinajstić information content (AvgIpc) is 2.76. The number of benzene rings is 3. The molecule has 1 aliphatic rings. The molecule has 1 aliphatic heterocycles. The number of methoxy groups -OCH3 is 1. The van der Waals surface area contributed by atoms with Gasteiger partial charge in [0.05, 0.1) is 12.8 Å². The second kappa shape index (κ2) is 8.50. The predicted molar refractivity (Wildman–Crippen MR) is 127 cm³/mol. The van der Waals surface area contributed by atoms with Gasteiger partial charge in [0.1, 0.15) is 18.3 Å². The average molecular weight is 429 g/mol. The summed E-state index contributed by atoms with van der Waals surface area (Å²) in [7, 11) is 1.61. The Morgan fingerprint density at radius 2 is 1.50 bits per heavy atom. The SMILES string of the molecule is COc1ccc(C2C(=O)N(c3c(C)cccc3C)CC(=O)N2c2ccc(C)cc2C)cc1. The number of carbonyl (C=O) groups is 2. The lowest BCUT2D eigenvalue weighted by atomic mass is 9.96. The molecule has 0 spiro atoms. The summed E-state index contributed by atoms with van der Waals surface area (Å²) in [6.07, 6.45) is 0. The van der Waals surface area contributed by atoms with Crippen LogP contribution in [0.2, 0.25) is 0 Å². The summed E-state index contributed by atoms with van der Waals surface area (Å²) >= 11 is 0. The number of ether oxygens (including phenoxy) is 1. The van der Waals surface area contributed by atoms with Crippen LogP contribution in [0.25, 0.3) is 0 Å². The van der Waals surface area contributed by atoms with E-state index < -0.39 is 6.04 Å². The molecule has 1 fully saturated rings. The maximum atomic E-state index is 14.0. The lowest BCUT2D eigenvalue weighted by molar-refractivity contribution is -0.128. The zero-order valence-electron chi connectivity index (χ0n) is 19.2. The van der Waals surface area contributed by atoms with Gasteiger partial charge in [-0.1, -0.05) is 48.0 Å². The molecular weight excluding hydrogens is 400 g/mol. The van der Waals surface area contributed by atoms with Gasteiger partial charge < -0.3 is 9.64 Å². The van der Waals surface area contributed by atoms with E-state index in [9.17, 15) is 9.59 Å². The summed E-state index contributed by atoms with van der Waals surface area (Å²) in [5.74, 6) is 0.472. The van der Waals surface area contributed by atoms with Gasteiger partial charge in [-0.3, -0.25) is 14.5 Å². The first-order chi connectivity index (χ1) is 15.3. The van der Waals surface area contributed by atoms with Crippen molar-refractivity contribution in [2.24, 2.45) is 0 Å². The van der Waals surface area contributed by atoms with E-state index in [2.05, 4.69) is 0 Å². The number of nitrogens with zero attached hydrogens (tertiary/aromatic N) is 2. The number of amides is 2. The summed E-state index contributed by atoms with van der Waals surface area (Å²) < 4.78 is 5.29. The molecule has 2 amide bonds. The fraction of sp³-hybridized carbons (Fsp3) is 0.259. The highest BCUT2D eigenvalue weighted by atomic mass is 16.5. The molecule has 3 aromatic rings. The Hall–Kier alpha value is -3.60. The minimum Gasteiger partial charge on any atom is -0.497 e. The summed E-state index contributed by atoms with van der Waals surface area (Å²) in [5, 5.41) is 0. The van der Waals surface area contributed by atoms with E-state index in [0.29, 0.717) is 5.75 Å². The van der Waals surface area contributed by atoms with Crippen LogP contribution in [-0.4, -0.2) is 25.5 Å². The van der Waals surface area contributed by atoms with Crippen molar-refractivity contribution in [3.63, 3.8) is 0 Å². The second-order valence-corrected chi connectivity index (χ2v) is 8.39. The van der Waals surface area contributed by atoms with Crippen LogP contribution in [0.4, 0.5) is 11.4 Å². The van der Waals surface area contributed by atoms with Crippen LogP contribution >= 0.6 is 0 Å². The van der Waals surface area contributed by atoms with E-state index >= 15 is 0 Å². The van der Waals surface area contributed by atoms with Gasteiger partial charge in [0, 0.05) is 5.69 Å². The number of aryl methyl sites for hydroxylation is 4. The van der Waals surface area contributed by atoms with Crippen molar-refractivity contribution in [1.29, 1.82) is 0 Å². The van der Waals surface area contributed by atoms with Gasteiger partial charge in [-0.05, 0) is 68.1 Å². The number of piperazine rings is 1. The third-order valence-corrected chi connectivity index (χ3v) is 6.07. The van der Waals surface area contributed by atoms with Gasteiger partial charge in [0.2, 0.25) is 5.91 Å². The molecule has 1 unspecified atom stereocenters. The predicted octanol–water partition coefficient (Wildman–Crippen LogP) is 5.05. The summed E-state index contributed by atoms with van der Waals surface area (Å²) in [6, 6.07) is 18.5. The number of carbonyl (C=O) groups excluding carboxylic acids is 2. The molecule has 164 valence electrons. The molecule has 1 saturated heterocycles. The van der Waals surface area contributed by atoms with Crippen LogP contribution < -0.4 is 14.5 Å². The maximum Gasteiger partial charge on any atom is 0.255 e. The molecule has 0 aliphatic carbocycles.